The average Bonchev–Trinajstić information content (AvgIpc) is 2.73. The summed E-state index contributed by atoms with van der Waals surface area (Å²) in [5.74, 6) is 0.209. The SMILES string of the molecule is C=CCOc1cccc(NC(=O)c2cccc(NS(=O)(=O)c3ccc(Cl)cc3)c2)c1. The van der Waals surface area contributed by atoms with Gasteiger partial charge in [-0.3, -0.25) is 9.52 Å². The molecule has 6 nitrogen and oxygen atoms in total. The molecule has 0 aliphatic heterocycles. The van der Waals surface area contributed by atoms with Crippen LogP contribution in [0.15, 0.2) is 90.3 Å². The van der Waals surface area contributed by atoms with Crippen molar-refractivity contribution in [1.29, 1.82) is 0 Å². The predicted octanol–water partition coefficient (Wildman–Crippen LogP) is 4.96. The Morgan fingerprint density at radius 3 is 2.43 bits per heavy atom. The summed E-state index contributed by atoms with van der Waals surface area (Å²) in [6.45, 7) is 3.95. The zero-order chi connectivity index (χ0) is 21.6. The summed E-state index contributed by atoms with van der Waals surface area (Å²) in [7, 11) is -3.81. The van der Waals surface area contributed by atoms with E-state index in [2.05, 4.69) is 16.6 Å². The van der Waals surface area contributed by atoms with E-state index in [1.54, 1.807) is 48.5 Å². The fraction of sp³-hybridized carbons (Fsp3) is 0.0455. The van der Waals surface area contributed by atoms with Gasteiger partial charge in [-0.25, -0.2) is 8.42 Å². The number of halogens is 1. The Kier molecular flexibility index (Phi) is 6.76. The number of nitrogens with one attached hydrogen (secondary N) is 2. The van der Waals surface area contributed by atoms with Crippen LogP contribution >= 0.6 is 11.6 Å². The zero-order valence-corrected chi connectivity index (χ0v) is 17.4. The molecule has 30 heavy (non-hydrogen) atoms. The fourth-order valence-corrected chi connectivity index (χ4v) is 3.75. The highest BCUT2D eigenvalue weighted by Gasteiger charge is 2.15. The Hall–Kier alpha value is -3.29. The zero-order valence-electron chi connectivity index (χ0n) is 15.8. The summed E-state index contributed by atoms with van der Waals surface area (Å²) < 4.78 is 33.0. The van der Waals surface area contributed by atoms with E-state index in [0.717, 1.165) is 0 Å². The summed E-state index contributed by atoms with van der Waals surface area (Å²) in [6.07, 6.45) is 1.63. The first kappa shape index (κ1) is 21.4. The van der Waals surface area contributed by atoms with Crippen molar-refractivity contribution in [3.63, 3.8) is 0 Å². The van der Waals surface area contributed by atoms with E-state index in [4.69, 9.17) is 16.3 Å². The van der Waals surface area contributed by atoms with E-state index in [1.807, 2.05) is 0 Å². The Morgan fingerprint density at radius 1 is 1.00 bits per heavy atom. The molecule has 0 aromatic heterocycles. The maximum Gasteiger partial charge on any atom is 0.261 e. The number of ether oxygens (including phenoxy) is 1. The quantitative estimate of drug-likeness (QED) is 0.483. The second-order valence-electron chi connectivity index (χ2n) is 6.22. The molecule has 0 bridgehead atoms. The van der Waals surface area contributed by atoms with Gasteiger partial charge >= 0.3 is 0 Å². The molecule has 0 heterocycles. The highest BCUT2D eigenvalue weighted by molar-refractivity contribution is 7.92. The molecule has 0 aliphatic carbocycles. The van der Waals surface area contributed by atoms with Gasteiger partial charge in [0.2, 0.25) is 0 Å². The number of carbonyl (C=O) groups excluding carboxylic acids is 1. The van der Waals surface area contributed by atoms with Gasteiger partial charge in [-0.15, -0.1) is 0 Å². The third kappa shape index (κ3) is 5.62. The number of sulfonamides is 1. The van der Waals surface area contributed by atoms with Gasteiger partial charge in [-0.05, 0) is 54.6 Å². The van der Waals surface area contributed by atoms with Gasteiger partial charge in [0.15, 0.2) is 0 Å². The lowest BCUT2D eigenvalue weighted by molar-refractivity contribution is 0.102. The largest absolute Gasteiger partial charge is 0.489 e. The molecule has 0 unspecified atom stereocenters. The Labute approximate surface area is 180 Å². The number of carbonyl (C=O) groups is 1. The van der Waals surface area contributed by atoms with Crippen LogP contribution in [0.2, 0.25) is 5.02 Å². The van der Waals surface area contributed by atoms with E-state index in [0.29, 0.717) is 28.6 Å². The van der Waals surface area contributed by atoms with Gasteiger partial charge in [0.25, 0.3) is 15.9 Å². The molecule has 0 saturated carbocycles. The van der Waals surface area contributed by atoms with E-state index in [1.165, 1.54) is 30.3 Å². The molecule has 0 aliphatic rings. The maximum atomic E-state index is 12.6. The topological polar surface area (TPSA) is 84.5 Å². The van der Waals surface area contributed by atoms with E-state index < -0.39 is 10.0 Å². The number of benzene rings is 3. The summed E-state index contributed by atoms with van der Waals surface area (Å²) in [6, 6.07) is 18.9. The predicted molar refractivity (Wildman–Crippen MR) is 119 cm³/mol. The molecule has 3 aromatic carbocycles. The van der Waals surface area contributed by atoms with Crippen molar-refractivity contribution in [1.82, 2.24) is 0 Å². The van der Waals surface area contributed by atoms with Crippen molar-refractivity contribution in [3.8, 4) is 5.75 Å². The Morgan fingerprint density at radius 2 is 1.70 bits per heavy atom. The molecule has 0 spiro atoms. The second-order valence-corrected chi connectivity index (χ2v) is 8.34. The molecule has 0 saturated heterocycles. The monoisotopic (exact) mass is 442 g/mol. The Bertz CT molecular complexity index is 1160. The molecular weight excluding hydrogens is 424 g/mol. The van der Waals surface area contributed by atoms with Crippen LogP contribution in [0.3, 0.4) is 0 Å². The molecule has 8 heteroatoms. The van der Waals surface area contributed by atoms with Crippen molar-refractivity contribution in [2.75, 3.05) is 16.6 Å². The van der Waals surface area contributed by atoms with E-state index >= 15 is 0 Å². The van der Waals surface area contributed by atoms with Crippen molar-refractivity contribution in [2.45, 2.75) is 4.90 Å². The van der Waals surface area contributed by atoms with Crippen LogP contribution in [-0.4, -0.2) is 20.9 Å². The molecule has 3 aromatic rings. The number of anilines is 2. The van der Waals surface area contributed by atoms with Crippen LogP contribution in [0.1, 0.15) is 10.4 Å². The van der Waals surface area contributed by atoms with Crippen LogP contribution in [0, 0.1) is 0 Å². The molecule has 0 radical (unpaired) electrons. The number of hydrogen-bond acceptors (Lipinski definition) is 4. The summed E-state index contributed by atoms with van der Waals surface area (Å²) >= 11 is 5.81. The lowest BCUT2D eigenvalue weighted by Gasteiger charge is -2.11. The fourth-order valence-electron chi connectivity index (χ4n) is 2.57. The molecule has 154 valence electrons. The number of hydrogen-bond donors (Lipinski definition) is 2. The first-order chi connectivity index (χ1) is 14.4. The van der Waals surface area contributed by atoms with Gasteiger partial charge < -0.3 is 10.1 Å². The maximum absolute atomic E-state index is 12.6. The van der Waals surface area contributed by atoms with Crippen LogP contribution in [0.25, 0.3) is 0 Å². The van der Waals surface area contributed by atoms with Crippen molar-refractivity contribution >= 4 is 38.9 Å². The lowest BCUT2D eigenvalue weighted by Crippen LogP contribution is -2.15. The molecule has 1 amide bonds. The minimum atomic E-state index is -3.81. The van der Waals surface area contributed by atoms with E-state index in [9.17, 15) is 13.2 Å². The van der Waals surface area contributed by atoms with Gasteiger partial charge in [-0.2, -0.15) is 0 Å². The van der Waals surface area contributed by atoms with Crippen LogP contribution < -0.4 is 14.8 Å². The van der Waals surface area contributed by atoms with Gasteiger partial charge in [-0.1, -0.05) is 36.4 Å². The van der Waals surface area contributed by atoms with Crippen molar-refractivity contribution < 1.29 is 17.9 Å². The number of rotatable bonds is 8. The minimum absolute atomic E-state index is 0.0677. The van der Waals surface area contributed by atoms with Crippen LogP contribution in [-0.2, 0) is 10.0 Å². The number of amides is 1. The first-order valence-electron chi connectivity index (χ1n) is 8.91. The average molecular weight is 443 g/mol. The standard InChI is InChI=1S/C22H19ClN2O4S/c1-2-13-29-20-8-4-6-18(15-20)24-22(26)16-5-3-7-19(14-16)25-30(27,28)21-11-9-17(23)10-12-21/h2-12,14-15,25H,1,13H2,(H,24,26). The first-order valence-corrected chi connectivity index (χ1v) is 10.8. The van der Waals surface area contributed by atoms with E-state index in [-0.39, 0.29) is 16.5 Å². The lowest BCUT2D eigenvalue weighted by atomic mass is 10.2. The minimum Gasteiger partial charge on any atom is -0.489 e. The smallest absolute Gasteiger partial charge is 0.261 e. The third-order valence-electron chi connectivity index (χ3n) is 3.96. The van der Waals surface area contributed by atoms with Crippen molar-refractivity contribution in [2.24, 2.45) is 0 Å². The van der Waals surface area contributed by atoms with Gasteiger partial charge in [0.1, 0.15) is 12.4 Å². The van der Waals surface area contributed by atoms with Crippen LogP contribution in [0.4, 0.5) is 11.4 Å². The van der Waals surface area contributed by atoms with Crippen LogP contribution in [0.5, 0.6) is 5.75 Å². The summed E-state index contributed by atoms with van der Waals surface area (Å²) in [5.41, 5.74) is 1.11. The van der Waals surface area contributed by atoms with Gasteiger partial charge in [0, 0.05) is 28.0 Å². The molecule has 0 fully saturated rings. The molecule has 3 rings (SSSR count). The summed E-state index contributed by atoms with van der Waals surface area (Å²) in [5, 5.41) is 3.20. The third-order valence-corrected chi connectivity index (χ3v) is 5.61. The Balaban J connectivity index is 1.74. The summed E-state index contributed by atoms with van der Waals surface area (Å²) in [4.78, 5) is 12.7. The highest BCUT2D eigenvalue weighted by atomic mass is 35.5. The van der Waals surface area contributed by atoms with Gasteiger partial charge in [0.05, 0.1) is 4.90 Å². The molecular formula is C22H19ClN2O4S. The van der Waals surface area contributed by atoms with Crippen molar-refractivity contribution in [3.05, 3.63) is 96.0 Å². The highest BCUT2D eigenvalue weighted by Crippen LogP contribution is 2.21. The normalized spacial score (nSPS) is 10.8. The molecule has 0 atom stereocenters. The molecule has 2 N–H and O–H groups in total. The second kappa shape index (κ2) is 9.47.